The van der Waals surface area contributed by atoms with E-state index in [1.807, 2.05) is 6.07 Å². The number of hydrogen-bond acceptors (Lipinski definition) is 4. The van der Waals surface area contributed by atoms with Crippen LogP contribution in [0.2, 0.25) is 5.02 Å². The highest BCUT2D eigenvalue weighted by molar-refractivity contribution is 6.30. The number of nitrogens with zero attached hydrogens (tertiary/aromatic N) is 2. The minimum Gasteiger partial charge on any atom is -0.383 e. The molecule has 116 valence electrons. The van der Waals surface area contributed by atoms with Crippen LogP contribution in [0, 0.1) is 11.3 Å². The first kappa shape index (κ1) is 16.5. The van der Waals surface area contributed by atoms with E-state index >= 15 is 0 Å². The van der Waals surface area contributed by atoms with E-state index in [1.54, 1.807) is 55.5 Å². The van der Waals surface area contributed by atoms with Gasteiger partial charge in [0.2, 0.25) is 6.10 Å². The van der Waals surface area contributed by atoms with Gasteiger partial charge in [0.15, 0.2) is 0 Å². The van der Waals surface area contributed by atoms with Crippen molar-refractivity contribution in [1.29, 1.82) is 5.26 Å². The molecule has 1 N–H and O–H groups in total. The summed E-state index contributed by atoms with van der Waals surface area (Å²) in [6.45, 7) is 1.59. The van der Waals surface area contributed by atoms with Crippen LogP contribution in [0.5, 0.6) is 0 Å². The third kappa shape index (κ3) is 5.13. The highest BCUT2D eigenvalue weighted by atomic mass is 35.5. The van der Waals surface area contributed by atoms with Gasteiger partial charge in [0.25, 0.3) is 5.91 Å². The normalized spacial score (nSPS) is 11.7. The summed E-state index contributed by atoms with van der Waals surface area (Å²) in [5, 5.41) is 15.9. The molecule has 0 aliphatic heterocycles. The molecule has 2 rings (SSSR count). The molecule has 2 aromatic rings. The molecule has 0 aromatic heterocycles. The van der Waals surface area contributed by atoms with Crippen molar-refractivity contribution in [1.82, 2.24) is 0 Å². The number of carbonyl (C=O) groups is 1. The molecule has 0 bridgehead atoms. The molecule has 0 fully saturated rings. The molecule has 5 nitrogen and oxygen atoms in total. The van der Waals surface area contributed by atoms with Crippen molar-refractivity contribution in [3.8, 4) is 6.07 Å². The smallest absolute Gasteiger partial charge is 0.267 e. The molecule has 0 heterocycles. The fourth-order valence-corrected chi connectivity index (χ4v) is 1.82. The molecule has 1 unspecified atom stereocenters. The molecule has 0 saturated carbocycles. The summed E-state index contributed by atoms with van der Waals surface area (Å²) in [5.41, 5.74) is 1.81. The second-order valence-corrected chi connectivity index (χ2v) is 5.15. The van der Waals surface area contributed by atoms with Crippen LogP contribution in [0.4, 0.5) is 5.69 Å². The van der Waals surface area contributed by atoms with E-state index in [4.69, 9.17) is 21.7 Å². The van der Waals surface area contributed by atoms with Gasteiger partial charge in [0.05, 0.1) is 17.8 Å². The second kappa shape index (κ2) is 7.97. The highest BCUT2D eigenvalue weighted by Crippen LogP contribution is 2.11. The predicted molar refractivity (Wildman–Crippen MR) is 89.4 cm³/mol. The molecule has 0 radical (unpaired) electrons. The first-order chi connectivity index (χ1) is 11.1. The molecular weight excluding hydrogens is 314 g/mol. The maximum atomic E-state index is 12.0. The average molecular weight is 328 g/mol. The topological polar surface area (TPSA) is 74.5 Å². The maximum Gasteiger partial charge on any atom is 0.267 e. The summed E-state index contributed by atoms with van der Waals surface area (Å²) < 4.78 is 0. The van der Waals surface area contributed by atoms with Crippen molar-refractivity contribution >= 4 is 29.4 Å². The van der Waals surface area contributed by atoms with Gasteiger partial charge in [-0.1, -0.05) is 35.0 Å². The van der Waals surface area contributed by atoms with Crippen molar-refractivity contribution in [3.63, 3.8) is 0 Å². The van der Waals surface area contributed by atoms with E-state index in [1.165, 1.54) is 6.21 Å². The highest BCUT2D eigenvalue weighted by Gasteiger charge is 2.14. The molecule has 6 heteroatoms. The van der Waals surface area contributed by atoms with Gasteiger partial charge in [-0.05, 0) is 42.8 Å². The van der Waals surface area contributed by atoms with Crippen LogP contribution in [0.25, 0.3) is 0 Å². The van der Waals surface area contributed by atoms with Gasteiger partial charge in [0.1, 0.15) is 0 Å². The van der Waals surface area contributed by atoms with E-state index in [0.717, 1.165) is 5.56 Å². The minimum atomic E-state index is -0.774. The van der Waals surface area contributed by atoms with Crippen LogP contribution in [0.1, 0.15) is 18.1 Å². The molecule has 0 spiro atoms. The van der Waals surface area contributed by atoms with Gasteiger partial charge >= 0.3 is 0 Å². The van der Waals surface area contributed by atoms with Gasteiger partial charge in [-0.25, -0.2) is 0 Å². The number of anilines is 1. The number of rotatable bonds is 5. The lowest BCUT2D eigenvalue weighted by atomic mass is 10.2. The molecule has 0 aliphatic carbocycles. The Bertz CT molecular complexity index is 751. The van der Waals surface area contributed by atoms with Crippen molar-refractivity contribution in [3.05, 3.63) is 64.7 Å². The predicted octanol–water partition coefficient (Wildman–Crippen LogP) is 3.59. The van der Waals surface area contributed by atoms with Gasteiger partial charge in [0, 0.05) is 10.7 Å². The lowest BCUT2D eigenvalue weighted by molar-refractivity contribution is -0.126. The Kier molecular flexibility index (Phi) is 5.73. The lowest BCUT2D eigenvalue weighted by Crippen LogP contribution is -2.26. The fourth-order valence-electron chi connectivity index (χ4n) is 1.69. The lowest BCUT2D eigenvalue weighted by Gasteiger charge is -2.10. The third-order valence-electron chi connectivity index (χ3n) is 2.92. The van der Waals surface area contributed by atoms with Crippen LogP contribution >= 0.6 is 11.6 Å². The standard InChI is InChI=1S/C17H14ClN3O2/c1-12(23-20-11-13-5-7-15(18)8-6-13)17(22)21-16-4-2-3-14(9-16)10-19/h2-9,11-12H,1H3,(H,21,22)/b20-11+. The number of halogens is 1. The first-order valence-corrected chi connectivity index (χ1v) is 7.22. The zero-order chi connectivity index (χ0) is 16.7. The maximum absolute atomic E-state index is 12.0. The van der Waals surface area contributed by atoms with Crippen LogP contribution in [-0.4, -0.2) is 18.2 Å². The van der Waals surface area contributed by atoms with E-state index < -0.39 is 6.10 Å². The van der Waals surface area contributed by atoms with E-state index in [-0.39, 0.29) is 5.91 Å². The number of nitriles is 1. The summed E-state index contributed by atoms with van der Waals surface area (Å²) in [4.78, 5) is 17.1. The fraction of sp³-hybridized carbons (Fsp3) is 0.118. The Balaban J connectivity index is 1.89. The Morgan fingerprint density at radius 1 is 1.35 bits per heavy atom. The number of hydrogen-bond donors (Lipinski definition) is 1. The van der Waals surface area contributed by atoms with Gasteiger partial charge < -0.3 is 10.2 Å². The zero-order valence-corrected chi connectivity index (χ0v) is 13.1. The van der Waals surface area contributed by atoms with Crippen molar-refractivity contribution in [2.24, 2.45) is 5.16 Å². The Morgan fingerprint density at radius 2 is 2.09 bits per heavy atom. The SMILES string of the molecule is CC(O/N=C/c1ccc(Cl)cc1)C(=O)Nc1cccc(C#N)c1. The largest absolute Gasteiger partial charge is 0.383 e. The Labute approximate surface area is 139 Å². The van der Waals surface area contributed by atoms with E-state index in [2.05, 4.69) is 10.5 Å². The van der Waals surface area contributed by atoms with Crippen LogP contribution in [-0.2, 0) is 9.63 Å². The van der Waals surface area contributed by atoms with E-state index in [0.29, 0.717) is 16.3 Å². The minimum absolute atomic E-state index is 0.353. The summed E-state index contributed by atoms with van der Waals surface area (Å²) in [5.74, 6) is -0.353. The molecule has 0 aliphatic rings. The number of oxime groups is 1. The molecule has 2 aromatic carbocycles. The number of amides is 1. The molecule has 23 heavy (non-hydrogen) atoms. The quantitative estimate of drug-likeness (QED) is 0.673. The number of nitrogens with one attached hydrogen (secondary N) is 1. The van der Waals surface area contributed by atoms with Crippen molar-refractivity contribution in [2.45, 2.75) is 13.0 Å². The Hall–Kier alpha value is -2.84. The van der Waals surface area contributed by atoms with Crippen molar-refractivity contribution < 1.29 is 9.63 Å². The summed E-state index contributed by atoms with van der Waals surface area (Å²) in [6, 6.07) is 15.7. The zero-order valence-electron chi connectivity index (χ0n) is 12.4. The van der Waals surface area contributed by atoms with Crippen LogP contribution in [0.15, 0.2) is 53.7 Å². The molecule has 1 amide bonds. The van der Waals surface area contributed by atoms with Crippen LogP contribution < -0.4 is 5.32 Å². The van der Waals surface area contributed by atoms with E-state index in [9.17, 15) is 4.79 Å². The van der Waals surface area contributed by atoms with Gasteiger partial charge in [-0.2, -0.15) is 5.26 Å². The summed E-state index contributed by atoms with van der Waals surface area (Å²) >= 11 is 5.79. The summed E-state index contributed by atoms with van der Waals surface area (Å²) in [6.07, 6.45) is 0.723. The Morgan fingerprint density at radius 3 is 2.78 bits per heavy atom. The molecule has 1 atom stereocenters. The molecular formula is C17H14ClN3O2. The number of benzene rings is 2. The van der Waals surface area contributed by atoms with Gasteiger partial charge in [-0.3, -0.25) is 4.79 Å². The molecule has 0 saturated heterocycles. The average Bonchev–Trinajstić information content (AvgIpc) is 2.56. The monoisotopic (exact) mass is 327 g/mol. The first-order valence-electron chi connectivity index (χ1n) is 6.84. The van der Waals surface area contributed by atoms with Crippen LogP contribution in [0.3, 0.4) is 0 Å². The second-order valence-electron chi connectivity index (χ2n) is 4.72. The number of carbonyl (C=O) groups excluding carboxylic acids is 1. The van der Waals surface area contributed by atoms with Gasteiger partial charge in [-0.15, -0.1) is 0 Å². The van der Waals surface area contributed by atoms with Crippen molar-refractivity contribution in [2.75, 3.05) is 5.32 Å². The summed E-state index contributed by atoms with van der Waals surface area (Å²) in [7, 11) is 0. The third-order valence-corrected chi connectivity index (χ3v) is 3.17.